The molecule has 0 saturated carbocycles. The molecular formula is C19H20N4O5S2. The quantitative estimate of drug-likeness (QED) is 0.525. The highest BCUT2D eigenvalue weighted by Crippen LogP contribution is 2.38. The first-order valence-corrected chi connectivity index (χ1v) is 11.4. The van der Waals surface area contributed by atoms with Gasteiger partial charge in [-0.1, -0.05) is 0 Å². The number of anilines is 3. The van der Waals surface area contributed by atoms with Crippen LogP contribution in [0.15, 0.2) is 53.7 Å². The minimum absolute atomic E-state index is 0.0974. The average Bonchev–Trinajstić information content (AvgIpc) is 3.26. The maximum atomic E-state index is 12.6. The second-order valence-electron chi connectivity index (χ2n) is 6.32. The molecule has 30 heavy (non-hydrogen) atoms. The fourth-order valence-corrected chi connectivity index (χ4v) is 4.67. The van der Waals surface area contributed by atoms with Crippen LogP contribution in [0.1, 0.15) is 0 Å². The van der Waals surface area contributed by atoms with E-state index >= 15 is 0 Å². The molecule has 2 aromatic carbocycles. The second-order valence-corrected chi connectivity index (χ2v) is 8.78. The van der Waals surface area contributed by atoms with E-state index < -0.39 is 10.0 Å². The summed E-state index contributed by atoms with van der Waals surface area (Å²) in [6, 6.07) is 12.5. The van der Waals surface area contributed by atoms with E-state index in [9.17, 15) is 8.42 Å². The summed E-state index contributed by atoms with van der Waals surface area (Å²) in [5, 5.41) is 0.211. The highest BCUT2D eigenvalue weighted by Gasteiger charge is 2.24. The Bertz CT molecular complexity index is 1090. The monoisotopic (exact) mass is 448 g/mol. The molecule has 4 rings (SSSR count). The Morgan fingerprint density at radius 2 is 2.03 bits per heavy atom. The molecule has 0 aliphatic carbocycles. The first kappa shape index (κ1) is 20.4. The molecule has 0 radical (unpaired) electrons. The molecule has 1 aliphatic heterocycles. The predicted octanol–water partition coefficient (Wildman–Crippen LogP) is 2.89. The van der Waals surface area contributed by atoms with Gasteiger partial charge in [-0.2, -0.15) is 4.37 Å². The summed E-state index contributed by atoms with van der Waals surface area (Å²) in [5.41, 5.74) is 1.76. The van der Waals surface area contributed by atoms with Gasteiger partial charge in [0, 0.05) is 30.4 Å². The molecule has 158 valence electrons. The van der Waals surface area contributed by atoms with Crippen molar-refractivity contribution in [1.82, 2.24) is 9.36 Å². The van der Waals surface area contributed by atoms with Crippen molar-refractivity contribution < 1.29 is 22.6 Å². The zero-order chi connectivity index (χ0) is 21.0. The van der Waals surface area contributed by atoms with Crippen LogP contribution in [0, 0.1) is 0 Å². The Hall–Kier alpha value is -2.89. The number of methoxy groups -OCH3 is 1. The summed E-state index contributed by atoms with van der Waals surface area (Å²) in [4.78, 5) is 6.03. The van der Waals surface area contributed by atoms with Crippen molar-refractivity contribution in [2.75, 3.05) is 43.1 Å². The number of rotatable bonds is 8. The van der Waals surface area contributed by atoms with Gasteiger partial charge in [0.25, 0.3) is 10.0 Å². The molecule has 11 heteroatoms. The number of hydrogen-bond acceptors (Lipinski definition) is 9. The Kier molecular flexibility index (Phi) is 6.02. The van der Waals surface area contributed by atoms with Crippen molar-refractivity contribution in [3.8, 4) is 11.5 Å². The van der Waals surface area contributed by atoms with Crippen molar-refractivity contribution in [3.63, 3.8) is 0 Å². The van der Waals surface area contributed by atoms with Crippen LogP contribution in [0.25, 0.3) is 0 Å². The first-order chi connectivity index (χ1) is 14.6. The predicted molar refractivity (Wildman–Crippen MR) is 113 cm³/mol. The summed E-state index contributed by atoms with van der Waals surface area (Å²) in [5.74, 6) is 1.26. The normalized spacial score (nSPS) is 13.4. The largest absolute Gasteiger partial charge is 0.491 e. The van der Waals surface area contributed by atoms with Crippen molar-refractivity contribution >= 4 is 38.1 Å². The molecule has 3 aromatic rings. The zero-order valence-electron chi connectivity index (χ0n) is 16.1. The molecule has 0 spiro atoms. The van der Waals surface area contributed by atoms with Gasteiger partial charge in [-0.3, -0.25) is 4.72 Å². The van der Waals surface area contributed by atoms with Crippen molar-refractivity contribution in [2.24, 2.45) is 0 Å². The van der Waals surface area contributed by atoms with E-state index in [1.54, 1.807) is 19.2 Å². The van der Waals surface area contributed by atoms with Gasteiger partial charge in [-0.25, -0.2) is 13.4 Å². The van der Waals surface area contributed by atoms with Crippen molar-refractivity contribution in [1.29, 1.82) is 0 Å². The van der Waals surface area contributed by atoms with Crippen LogP contribution in [0.4, 0.5) is 16.5 Å². The van der Waals surface area contributed by atoms with Gasteiger partial charge in [0.05, 0.1) is 23.7 Å². The maximum Gasteiger partial charge on any atom is 0.263 e. The molecule has 0 fully saturated rings. The van der Waals surface area contributed by atoms with E-state index in [1.807, 2.05) is 24.3 Å². The summed E-state index contributed by atoms with van der Waals surface area (Å²) in [6.07, 6.45) is 1.30. The van der Waals surface area contributed by atoms with E-state index in [0.29, 0.717) is 32.1 Å². The minimum Gasteiger partial charge on any atom is -0.491 e. The fraction of sp³-hybridized carbons (Fsp3) is 0.263. The van der Waals surface area contributed by atoms with E-state index in [2.05, 4.69) is 19.0 Å². The average molecular weight is 449 g/mol. The molecule has 0 unspecified atom stereocenters. The lowest BCUT2D eigenvalue weighted by atomic mass is 10.2. The number of hydrogen-bond donors (Lipinski definition) is 1. The Morgan fingerprint density at radius 3 is 2.77 bits per heavy atom. The van der Waals surface area contributed by atoms with Gasteiger partial charge in [0.15, 0.2) is 0 Å². The smallest absolute Gasteiger partial charge is 0.263 e. The topological polar surface area (TPSA) is 103 Å². The Morgan fingerprint density at radius 1 is 1.20 bits per heavy atom. The number of fused-ring (bicyclic) bond motifs is 1. The zero-order valence-corrected chi connectivity index (χ0v) is 17.8. The number of aromatic nitrogens is 2. The molecular weight excluding hydrogens is 428 g/mol. The SMILES string of the molecule is COCCOc1ccc(N2CCOc3cc(S(=O)(=O)Nc4ncns4)ccc32)cc1. The van der Waals surface area contributed by atoms with Crippen LogP contribution >= 0.6 is 11.5 Å². The van der Waals surface area contributed by atoms with Crippen LogP contribution in [-0.2, 0) is 14.8 Å². The lowest BCUT2D eigenvalue weighted by Crippen LogP contribution is -2.28. The Labute approximate surface area is 178 Å². The van der Waals surface area contributed by atoms with Crippen LogP contribution < -0.4 is 19.1 Å². The van der Waals surface area contributed by atoms with Gasteiger partial charge in [0.2, 0.25) is 5.13 Å². The van der Waals surface area contributed by atoms with Crippen LogP contribution in [-0.4, -0.2) is 51.3 Å². The van der Waals surface area contributed by atoms with Gasteiger partial charge >= 0.3 is 0 Å². The summed E-state index contributed by atoms with van der Waals surface area (Å²) in [6.45, 7) is 2.09. The molecule has 1 N–H and O–H groups in total. The Balaban J connectivity index is 1.55. The van der Waals surface area contributed by atoms with Crippen LogP contribution in [0.3, 0.4) is 0 Å². The maximum absolute atomic E-state index is 12.6. The van der Waals surface area contributed by atoms with E-state index in [0.717, 1.165) is 28.7 Å². The summed E-state index contributed by atoms with van der Waals surface area (Å²) in [7, 11) is -2.15. The van der Waals surface area contributed by atoms with E-state index in [1.165, 1.54) is 12.4 Å². The number of nitrogens with one attached hydrogen (secondary N) is 1. The van der Waals surface area contributed by atoms with Gasteiger partial charge in [-0.15, -0.1) is 0 Å². The van der Waals surface area contributed by atoms with Crippen molar-refractivity contribution in [3.05, 3.63) is 48.8 Å². The van der Waals surface area contributed by atoms with Gasteiger partial charge in [-0.05, 0) is 36.4 Å². The molecule has 0 saturated heterocycles. The molecule has 1 aromatic heterocycles. The highest BCUT2D eigenvalue weighted by atomic mass is 32.2. The molecule has 0 atom stereocenters. The lowest BCUT2D eigenvalue weighted by Gasteiger charge is -2.31. The molecule has 0 amide bonds. The highest BCUT2D eigenvalue weighted by molar-refractivity contribution is 7.93. The first-order valence-electron chi connectivity index (χ1n) is 9.12. The molecule has 2 heterocycles. The third-order valence-corrected chi connectivity index (χ3v) is 6.44. The van der Waals surface area contributed by atoms with Gasteiger partial charge in [0.1, 0.15) is 31.0 Å². The fourth-order valence-electron chi connectivity index (χ4n) is 2.99. The number of benzene rings is 2. The lowest BCUT2D eigenvalue weighted by molar-refractivity contribution is 0.146. The number of ether oxygens (including phenoxy) is 3. The third-order valence-electron chi connectivity index (χ3n) is 4.39. The van der Waals surface area contributed by atoms with Crippen molar-refractivity contribution in [2.45, 2.75) is 4.90 Å². The standard InChI is InChI=1S/C19H20N4O5S2/c1-26-10-11-27-15-4-2-14(3-5-15)23-8-9-28-18-12-16(6-7-17(18)23)30(24,25)22-19-20-13-21-29-19/h2-7,12-13H,8-11H2,1H3,(H,20,21,22). The molecule has 1 aliphatic rings. The second kappa shape index (κ2) is 8.86. The molecule has 0 bridgehead atoms. The number of sulfonamides is 1. The van der Waals surface area contributed by atoms with Crippen LogP contribution in [0.5, 0.6) is 11.5 Å². The molecule has 9 nitrogen and oxygen atoms in total. The number of nitrogens with zero attached hydrogens (tertiary/aromatic N) is 3. The third kappa shape index (κ3) is 4.48. The van der Waals surface area contributed by atoms with Crippen LogP contribution in [0.2, 0.25) is 0 Å². The summed E-state index contributed by atoms with van der Waals surface area (Å²) >= 11 is 0.970. The van der Waals surface area contributed by atoms with E-state index in [-0.39, 0.29) is 10.0 Å². The van der Waals surface area contributed by atoms with Gasteiger partial charge < -0.3 is 19.1 Å². The minimum atomic E-state index is -3.78. The van der Waals surface area contributed by atoms with E-state index in [4.69, 9.17) is 14.2 Å². The summed E-state index contributed by atoms with van der Waals surface area (Å²) < 4.78 is 47.8.